The van der Waals surface area contributed by atoms with Crippen molar-refractivity contribution in [1.82, 2.24) is 4.98 Å². The highest BCUT2D eigenvalue weighted by Crippen LogP contribution is 2.32. The number of H-pyrrole nitrogens is 1. The van der Waals surface area contributed by atoms with Crippen LogP contribution in [0.3, 0.4) is 0 Å². The van der Waals surface area contributed by atoms with Crippen molar-refractivity contribution in [1.29, 1.82) is 0 Å². The molecule has 17 heavy (non-hydrogen) atoms. The van der Waals surface area contributed by atoms with Crippen LogP contribution >= 0.6 is 0 Å². The van der Waals surface area contributed by atoms with Crippen LogP contribution in [0, 0.1) is 0 Å². The summed E-state index contributed by atoms with van der Waals surface area (Å²) in [4.78, 5) is 14.2. The molecule has 1 aromatic heterocycles. The zero-order chi connectivity index (χ0) is 11.8. The highest BCUT2D eigenvalue weighted by atomic mass is 16.1. The van der Waals surface area contributed by atoms with Crippen molar-refractivity contribution in [3.05, 3.63) is 40.2 Å². The Bertz CT molecular complexity index is 615. The molecular weight excluding hydrogens is 212 g/mol. The van der Waals surface area contributed by atoms with Crippen LogP contribution in [-0.4, -0.2) is 11.0 Å². The van der Waals surface area contributed by atoms with E-state index in [-0.39, 0.29) is 5.56 Å². The van der Waals surface area contributed by atoms with Gasteiger partial charge in [-0.2, -0.15) is 0 Å². The molecule has 0 saturated heterocycles. The Morgan fingerprint density at radius 2 is 2.18 bits per heavy atom. The lowest BCUT2D eigenvalue weighted by Crippen LogP contribution is -2.14. The predicted octanol–water partition coefficient (Wildman–Crippen LogP) is 2.66. The molecule has 0 spiro atoms. The largest absolute Gasteiger partial charge is 0.382 e. The number of hydrogen-bond acceptors (Lipinski definition) is 2. The molecule has 3 heteroatoms. The smallest absolute Gasteiger partial charge is 0.248 e. The van der Waals surface area contributed by atoms with Gasteiger partial charge in [0, 0.05) is 28.7 Å². The van der Waals surface area contributed by atoms with Gasteiger partial charge in [-0.05, 0) is 36.6 Å². The van der Waals surface area contributed by atoms with Gasteiger partial charge in [0.15, 0.2) is 0 Å². The lowest BCUT2D eigenvalue weighted by Gasteiger charge is -2.08. The van der Waals surface area contributed by atoms with E-state index in [4.69, 9.17) is 0 Å². The topological polar surface area (TPSA) is 44.9 Å². The Hall–Kier alpha value is -1.77. The predicted molar refractivity (Wildman–Crippen MR) is 70.6 cm³/mol. The SMILES string of the molecule is CCCC1Cc2c(ccc3[nH]c(=O)ccc23)N1. The minimum atomic E-state index is -0.0338. The van der Waals surface area contributed by atoms with E-state index < -0.39 is 0 Å². The van der Waals surface area contributed by atoms with Gasteiger partial charge in [-0.25, -0.2) is 0 Å². The summed E-state index contributed by atoms with van der Waals surface area (Å²) in [5.41, 5.74) is 3.48. The lowest BCUT2D eigenvalue weighted by molar-refractivity contribution is 0.662. The number of benzene rings is 1. The first-order valence-corrected chi connectivity index (χ1v) is 6.19. The van der Waals surface area contributed by atoms with Gasteiger partial charge in [0.2, 0.25) is 5.56 Å². The van der Waals surface area contributed by atoms with Crippen LogP contribution in [0.5, 0.6) is 0 Å². The van der Waals surface area contributed by atoms with E-state index in [1.54, 1.807) is 6.07 Å². The summed E-state index contributed by atoms with van der Waals surface area (Å²) in [6.07, 6.45) is 3.45. The highest BCUT2D eigenvalue weighted by molar-refractivity contribution is 5.88. The molecule has 1 atom stereocenters. The van der Waals surface area contributed by atoms with E-state index in [0.717, 1.165) is 11.9 Å². The standard InChI is InChI=1S/C14H16N2O/c1-2-3-9-8-11-10-4-7-14(17)16-12(10)5-6-13(11)15-9/h4-7,9,15H,2-3,8H2,1H3,(H,16,17). The minimum Gasteiger partial charge on any atom is -0.382 e. The van der Waals surface area contributed by atoms with Crippen LogP contribution in [0.4, 0.5) is 5.69 Å². The van der Waals surface area contributed by atoms with Crippen LogP contribution in [0.2, 0.25) is 0 Å². The van der Waals surface area contributed by atoms with E-state index in [1.165, 1.54) is 29.5 Å². The van der Waals surface area contributed by atoms with Crippen molar-refractivity contribution in [3.8, 4) is 0 Å². The molecule has 0 saturated carbocycles. The van der Waals surface area contributed by atoms with Crippen LogP contribution < -0.4 is 10.9 Å². The van der Waals surface area contributed by atoms with E-state index in [1.807, 2.05) is 12.1 Å². The molecule has 0 aliphatic carbocycles. The fraction of sp³-hybridized carbons (Fsp3) is 0.357. The molecule has 1 aromatic carbocycles. The average Bonchev–Trinajstić information content (AvgIpc) is 2.72. The average molecular weight is 228 g/mol. The number of hydrogen-bond donors (Lipinski definition) is 2. The molecule has 3 nitrogen and oxygen atoms in total. The van der Waals surface area contributed by atoms with Crippen LogP contribution in [0.25, 0.3) is 10.9 Å². The first-order valence-electron chi connectivity index (χ1n) is 6.19. The van der Waals surface area contributed by atoms with Gasteiger partial charge in [0.1, 0.15) is 0 Å². The number of nitrogens with one attached hydrogen (secondary N) is 2. The van der Waals surface area contributed by atoms with Gasteiger partial charge < -0.3 is 10.3 Å². The summed E-state index contributed by atoms with van der Waals surface area (Å²) in [5.74, 6) is 0. The Labute approximate surface area is 99.9 Å². The molecule has 3 rings (SSSR count). The Morgan fingerprint density at radius 3 is 3.00 bits per heavy atom. The third-order valence-corrected chi connectivity index (χ3v) is 3.46. The second-order valence-electron chi connectivity index (χ2n) is 4.71. The van der Waals surface area contributed by atoms with Gasteiger partial charge in [0.25, 0.3) is 0 Å². The zero-order valence-electron chi connectivity index (χ0n) is 9.92. The second-order valence-corrected chi connectivity index (χ2v) is 4.71. The van der Waals surface area contributed by atoms with Crippen molar-refractivity contribution in [2.45, 2.75) is 32.2 Å². The summed E-state index contributed by atoms with van der Waals surface area (Å²) in [6.45, 7) is 2.21. The number of aromatic amines is 1. The van der Waals surface area contributed by atoms with Crippen LogP contribution in [-0.2, 0) is 6.42 Å². The monoisotopic (exact) mass is 228 g/mol. The summed E-state index contributed by atoms with van der Waals surface area (Å²) >= 11 is 0. The fourth-order valence-electron chi connectivity index (χ4n) is 2.69. The molecule has 0 bridgehead atoms. The number of anilines is 1. The maximum absolute atomic E-state index is 11.3. The van der Waals surface area contributed by atoms with E-state index >= 15 is 0 Å². The maximum atomic E-state index is 11.3. The molecule has 0 amide bonds. The van der Waals surface area contributed by atoms with Crippen molar-refractivity contribution < 1.29 is 0 Å². The van der Waals surface area contributed by atoms with Crippen LogP contribution in [0.1, 0.15) is 25.3 Å². The summed E-state index contributed by atoms with van der Waals surface area (Å²) in [5, 5.41) is 4.72. The fourth-order valence-corrected chi connectivity index (χ4v) is 2.69. The van der Waals surface area contributed by atoms with Crippen LogP contribution in [0.15, 0.2) is 29.1 Å². The van der Waals surface area contributed by atoms with E-state index in [9.17, 15) is 4.79 Å². The highest BCUT2D eigenvalue weighted by Gasteiger charge is 2.21. The molecule has 2 heterocycles. The molecule has 0 radical (unpaired) electrons. The molecule has 1 aliphatic heterocycles. The van der Waals surface area contributed by atoms with Gasteiger partial charge in [-0.3, -0.25) is 4.79 Å². The van der Waals surface area contributed by atoms with E-state index in [2.05, 4.69) is 23.3 Å². The molecule has 1 unspecified atom stereocenters. The summed E-state index contributed by atoms with van der Waals surface area (Å²) < 4.78 is 0. The van der Waals surface area contributed by atoms with Gasteiger partial charge >= 0.3 is 0 Å². The number of aromatic nitrogens is 1. The molecule has 0 fully saturated rings. The maximum Gasteiger partial charge on any atom is 0.248 e. The van der Waals surface area contributed by atoms with Crippen molar-refractivity contribution >= 4 is 16.6 Å². The third kappa shape index (κ3) is 1.71. The van der Waals surface area contributed by atoms with Crippen molar-refractivity contribution in [3.63, 3.8) is 0 Å². The zero-order valence-corrected chi connectivity index (χ0v) is 9.92. The lowest BCUT2D eigenvalue weighted by atomic mass is 10.0. The third-order valence-electron chi connectivity index (χ3n) is 3.46. The van der Waals surface area contributed by atoms with Crippen molar-refractivity contribution in [2.24, 2.45) is 0 Å². The summed E-state index contributed by atoms with van der Waals surface area (Å²) in [7, 11) is 0. The molecule has 88 valence electrons. The van der Waals surface area contributed by atoms with E-state index in [0.29, 0.717) is 6.04 Å². The second kappa shape index (κ2) is 3.91. The number of pyridine rings is 1. The number of rotatable bonds is 2. The first-order chi connectivity index (χ1) is 8.28. The quantitative estimate of drug-likeness (QED) is 0.830. The Kier molecular flexibility index (Phi) is 2.39. The Balaban J connectivity index is 2.10. The first kappa shape index (κ1) is 10.4. The van der Waals surface area contributed by atoms with Crippen molar-refractivity contribution in [2.75, 3.05) is 5.32 Å². The molecule has 2 N–H and O–H groups in total. The molecule has 2 aromatic rings. The van der Waals surface area contributed by atoms with Gasteiger partial charge in [0.05, 0.1) is 0 Å². The van der Waals surface area contributed by atoms with Gasteiger partial charge in [-0.15, -0.1) is 0 Å². The summed E-state index contributed by atoms with van der Waals surface area (Å²) in [6, 6.07) is 8.14. The molecular formula is C14H16N2O. The minimum absolute atomic E-state index is 0.0338. The normalized spacial score (nSPS) is 18.1. The Morgan fingerprint density at radius 1 is 1.29 bits per heavy atom. The number of fused-ring (bicyclic) bond motifs is 3. The van der Waals surface area contributed by atoms with Gasteiger partial charge in [-0.1, -0.05) is 13.3 Å². The molecule has 1 aliphatic rings.